The molecule has 0 aromatic carbocycles. The van der Waals surface area contributed by atoms with Crippen molar-refractivity contribution in [3.8, 4) is 0 Å². The number of halogens is 3. The number of nitrogens with two attached hydrogens (primary N) is 1. The van der Waals surface area contributed by atoms with Gasteiger partial charge in [0.25, 0.3) is 5.91 Å². The summed E-state index contributed by atoms with van der Waals surface area (Å²) in [7, 11) is -5.84. The zero-order valence-corrected chi connectivity index (χ0v) is 26.7. The third kappa shape index (κ3) is 11.0. The molecule has 17 heteroatoms. The molecule has 13 nitrogen and oxygen atoms in total. The fourth-order valence-corrected chi connectivity index (χ4v) is 3.12. The van der Waals surface area contributed by atoms with Crippen LogP contribution in [0.15, 0.2) is 24.5 Å². The lowest BCUT2D eigenvalue weighted by molar-refractivity contribution is -0.765. The van der Waals surface area contributed by atoms with Crippen LogP contribution in [0.2, 0.25) is 0 Å². The standard InChI is InChI=1S/C26H38N2O8.CHF3O3S/c1-24(2,3)21(30)33-14-16-17(35-22(31)25(4,5)6)18(36-23(32)26(7,8)9)20(34-16)28-12-10-11-15(13-28)19(27)29;2-1(3,4)8(5,6)7/h10-13,16-18,20H,14H2,1-9H3,(H-,27,29);(H,5,6,7)/p+1/t16-,17-,18-,20-;/m1./s1. The lowest BCUT2D eigenvalue weighted by Crippen LogP contribution is -2.50. The molecule has 1 aliphatic rings. The van der Waals surface area contributed by atoms with Gasteiger partial charge in [0.1, 0.15) is 18.3 Å². The van der Waals surface area contributed by atoms with E-state index in [4.69, 9.17) is 37.7 Å². The van der Waals surface area contributed by atoms with Crippen LogP contribution in [-0.2, 0) is 43.4 Å². The second-order valence-corrected chi connectivity index (χ2v) is 14.4. The predicted octanol–water partition coefficient (Wildman–Crippen LogP) is 2.87. The molecule has 4 atom stereocenters. The zero-order chi connectivity index (χ0) is 34.6. The van der Waals surface area contributed by atoms with Gasteiger partial charge in [0.2, 0.25) is 6.10 Å². The van der Waals surface area contributed by atoms with Gasteiger partial charge in [0.05, 0.1) is 16.2 Å². The van der Waals surface area contributed by atoms with Gasteiger partial charge >= 0.3 is 39.8 Å². The van der Waals surface area contributed by atoms with Crippen molar-refractivity contribution in [2.45, 2.75) is 92.4 Å². The van der Waals surface area contributed by atoms with E-state index in [0.29, 0.717) is 0 Å². The molecule has 3 N–H and O–H groups in total. The van der Waals surface area contributed by atoms with E-state index in [1.165, 1.54) is 16.8 Å². The Hall–Kier alpha value is -3.31. The summed E-state index contributed by atoms with van der Waals surface area (Å²) in [6, 6.07) is 3.12. The number of alkyl halides is 3. The Labute approximate surface area is 253 Å². The number of pyridine rings is 1. The summed E-state index contributed by atoms with van der Waals surface area (Å²) in [5.41, 5.74) is -2.38. The van der Waals surface area contributed by atoms with E-state index >= 15 is 0 Å². The highest BCUT2D eigenvalue weighted by atomic mass is 32.2. The van der Waals surface area contributed by atoms with E-state index in [2.05, 4.69) is 0 Å². The van der Waals surface area contributed by atoms with Crippen molar-refractivity contribution in [2.24, 2.45) is 22.0 Å². The number of nitrogens with zero attached hydrogens (tertiary/aromatic N) is 1. The maximum absolute atomic E-state index is 12.9. The minimum absolute atomic E-state index is 0.202. The van der Waals surface area contributed by atoms with E-state index in [9.17, 15) is 32.3 Å². The molecular formula is C27H40F3N2O11S+. The van der Waals surface area contributed by atoms with Crippen LogP contribution >= 0.6 is 0 Å². The molecule has 1 saturated heterocycles. The molecular weight excluding hydrogens is 617 g/mol. The van der Waals surface area contributed by atoms with Gasteiger partial charge in [-0.2, -0.15) is 26.2 Å². The molecule has 44 heavy (non-hydrogen) atoms. The molecule has 0 aliphatic carbocycles. The van der Waals surface area contributed by atoms with E-state index in [0.717, 1.165) is 0 Å². The van der Waals surface area contributed by atoms with Crippen molar-refractivity contribution < 1.29 is 68.8 Å². The first-order valence-corrected chi connectivity index (χ1v) is 14.6. The van der Waals surface area contributed by atoms with Gasteiger partial charge in [-0.25, -0.2) is 0 Å². The second-order valence-electron chi connectivity index (χ2n) is 13.0. The monoisotopic (exact) mass is 657 g/mol. The van der Waals surface area contributed by atoms with E-state index in [1.54, 1.807) is 74.6 Å². The van der Waals surface area contributed by atoms with Gasteiger partial charge in [0.15, 0.2) is 18.5 Å². The number of hydrogen-bond donors (Lipinski definition) is 2. The fraction of sp³-hybridized carbons (Fsp3) is 0.667. The van der Waals surface area contributed by atoms with Gasteiger partial charge in [-0.15, -0.1) is 0 Å². The third-order valence-corrected chi connectivity index (χ3v) is 6.27. The van der Waals surface area contributed by atoms with Crippen molar-refractivity contribution in [1.82, 2.24) is 0 Å². The topological polar surface area (TPSA) is 189 Å². The minimum Gasteiger partial charge on any atom is -0.462 e. The number of ether oxygens (including phenoxy) is 4. The minimum atomic E-state index is -5.84. The molecule has 1 aromatic heterocycles. The highest BCUT2D eigenvalue weighted by Gasteiger charge is 2.56. The summed E-state index contributed by atoms with van der Waals surface area (Å²) in [6.07, 6.45) is -1.07. The molecule has 0 radical (unpaired) electrons. The smallest absolute Gasteiger partial charge is 0.462 e. The van der Waals surface area contributed by atoms with E-state index in [-0.39, 0.29) is 12.2 Å². The van der Waals surface area contributed by atoms with Crippen molar-refractivity contribution in [2.75, 3.05) is 6.61 Å². The van der Waals surface area contributed by atoms with Gasteiger partial charge < -0.3 is 24.7 Å². The largest absolute Gasteiger partial charge is 0.522 e. The Morgan fingerprint density at radius 2 is 1.32 bits per heavy atom. The molecule has 2 heterocycles. The lowest BCUT2D eigenvalue weighted by Gasteiger charge is -2.28. The van der Waals surface area contributed by atoms with Crippen LogP contribution in [0.4, 0.5) is 13.2 Å². The Kier molecular flexibility index (Phi) is 12.1. The number of carbonyl (C=O) groups excluding carboxylic acids is 4. The highest BCUT2D eigenvalue weighted by molar-refractivity contribution is 7.86. The number of amides is 1. The first-order chi connectivity index (χ1) is 19.6. The summed E-state index contributed by atoms with van der Waals surface area (Å²) >= 11 is 0. The third-order valence-electron chi connectivity index (χ3n) is 5.68. The number of rotatable bonds is 6. The van der Waals surface area contributed by atoms with Crippen LogP contribution in [0.5, 0.6) is 0 Å². The molecule has 2 rings (SSSR count). The molecule has 0 unspecified atom stereocenters. The zero-order valence-electron chi connectivity index (χ0n) is 25.9. The summed E-state index contributed by atoms with van der Waals surface area (Å²) < 4.78 is 82.4. The summed E-state index contributed by atoms with van der Waals surface area (Å²) in [4.78, 5) is 50.0. The van der Waals surface area contributed by atoms with Crippen LogP contribution < -0.4 is 10.3 Å². The lowest BCUT2D eigenvalue weighted by atomic mass is 9.96. The Balaban J connectivity index is 0.00000106. The molecule has 1 aromatic rings. The van der Waals surface area contributed by atoms with Crippen LogP contribution in [0.3, 0.4) is 0 Å². The Morgan fingerprint density at radius 3 is 1.70 bits per heavy atom. The summed E-state index contributed by atoms with van der Waals surface area (Å²) in [5.74, 6) is -2.22. The van der Waals surface area contributed by atoms with Crippen LogP contribution in [-0.4, -0.2) is 67.2 Å². The van der Waals surface area contributed by atoms with Gasteiger partial charge in [0, 0.05) is 6.07 Å². The first kappa shape index (κ1) is 38.7. The van der Waals surface area contributed by atoms with Crippen LogP contribution in [0, 0.1) is 16.2 Å². The number of carbonyl (C=O) groups is 4. The van der Waals surface area contributed by atoms with Gasteiger partial charge in [-0.3, -0.25) is 23.7 Å². The van der Waals surface area contributed by atoms with Gasteiger partial charge in [-0.1, -0.05) is 0 Å². The van der Waals surface area contributed by atoms with E-state index in [1.807, 2.05) is 0 Å². The number of hydrogen-bond acceptors (Lipinski definition) is 10. The molecule has 1 amide bonds. The normalized spacial score (nSPS) is 21.0. The van der Waals surface area contributed by atoms with Crippen molar-refractivity contribution >= 4 is 33.9 Å². The second kappa shape index (κ2) is 13.8. The van der Waals surface area contributed by atoms with E-state index < -0.39 is 80.2 Å². The molecule has 0 bridgehead atoms. The molecule has 0 spiro atoms. The first-order valence-electron chi connectivity index (χ1n) is 13.2. The fourth-order valence-electron chi connectivity index (χ4n) is 3.12. The maximum Gasteiger partial charge on any atom is 0.522 e. The van der Waals surface area contributed by atoms with Crippen molar-refractivity contribution in [1.29, 1.82) is 0 Å². The maximum atomic E-state index is 12.9. The van der Waals surface area contributed by atoms with Crippen LogP contribution in [0.1, 0.15) is 78.9 Å². The average Bonchev–Trinajstić information content (AvgIpc) is 3.16. The highest BCUT2D eigenvalue weighted by Crippen LogP contribution is 2.34. The molecule has 1 aliphatic heterocycles. The molecule has 1 fully saturated rings. The molecule has 250 valence electrons. The van der Waals surface area contributed by atoms with Crippen molar-refractivity contribution in [3.63, 3.8) is 0 Å². The number of primary amides is 1. The summed E-state index contributed by atoms with van der Waals surface area (Å²) in [6.45, 7) is 15.1. The van der Waals surface area contributed by atoms with Crippen molar-refractivity contribution in [3.05, 3.63) is 30.1 Å². The quantitative estimate of drug-likeness (QED) is 0.150. The predicted molar refractivity (Wildman–Crippen MR) is 146 cm³/mol. The van der Waals surface area contributed by atoms with Crippen LogP contribution in [0.25, 0.3) is 0 Å². The average molecular weight is 658 g/mol. The van der Waals surface area contributed by atoms with Gasteiger partial charge in [-0.05, 0) is 68.4 Å². The SMILES string of the molecule is CC(C)(C)C(=O)OC[C@H]1O[C@@H]([n+]2cccc(C(N)=O)c2)[C@H](OC(=O)C(C)(C)C)[C@@H]1OC(=O)C(C)(C)C.O=S(=O)(O)C(F)(F)F. The Bertz CT molecular complexity index is 1330. The summed E-state index contributed by atoms with van der Waals surface area (Å²) in [5, 5.41) is 0. The number of esters is 3. The number of aromatic nitrogens is 1. The molecule has 0 saturated carbocycles. The Morgan fingerprint density at radius 1 is 0.886 bits per heavy atom.